The molecule has 0 spiro atoms. The first kappa shape index (κ1) is 14.7. The van der Waals surface area contributed by atoms with Crippen LogP contribution < -0.4 is 0 Å². The zero-order chi connectivity index (χ0) is 13.8. The van der Waals surface area contributed by atoms with Gasteiger partial charge in [0.25, 0.3) is 0 Å². The molecular weight excluding hydrogens is 258 g/mol. The molecule has 1 aliphatic carbocycles. The number of nitrogens with zero attached hydrogens (tertiary/aromatic N) is 1. The Labute approximate surface area is 119 Å². The number of methoxy groups -OCH3 is 1. The number of rotatable bonds is 8. The van der Waals surface area contributed by atoms with Gasteiger partial charge in [-0.25, -0.2) is 0 Å². The van der Waals surface area contributed by atoms with E-state index < -0.39 is 0 Å². The molecule has 3 nitrogen and oxygen atoms in total. The topological polar surface area (TPSA) is 29.5 Å². The highest BCUT2D eigenvalue weighted by molar-refractivity contribution is 7.14. The molecule has 0 radical (unpaired) electrons. The van der Waals surface area contributed by atoms with Gasteiger partial charge in [0, 0.05) is 24.6 Å². The molecule has 0 aliphatic heterocycles. The summed E-state index contributed by atoms with van der Waals surface area (Å²) in [6.07, 6.45) is 2.61. The van der Waals surface area contributed by atoms with Gasteiger partial charge in [0.05, 0.1) is 18.0 Å². The second-order valence-electron chi connectivity index (χ2n) is 5.37. The summed E-state index contributed by atoms with van der Waals surface area (Å²) in [5.41, 5.74) is 0. The van der Waals surface area contributed by atoms with Crippen LogP contribution >= 0.6 is 11.3 Å². The van der Waals surface area contributed by atoms with E-state index in [0.29, 0.717) is 19.2 Å². The summed E-state index contributed by atoms with van der Waals surface area (Å²) in [6.45, 7) is 6.32. The maximum absolute atomic E-state index is 12.3. The average molecular weight is 281 g/mol. The fourth-order valence-corrected chi connectivity index (χ4v) is 3.16. The van der Waals surface area contributed by atoms with Gasteiger partial charge in [-0.1, -0.05) is 0 Å². The van der Waals surface area contributed by atoms with Crippen molar-refractivity contribution in [1.29, 1.82) is 0 Å². The van der Waals surface area contributed by atoms with Gasteiger partial charge in [-0.15, -0.1) is 11.3 Å². The first-order valence-electron chi connectivity index (χ1n) is 6.94. The molecule has 1 aliphatic rings. The lowest BCUT2D eigenvalue weighted by Crippen LogP contribution is -2.40. The molecule has 19 heavy (non-hydrogen) atoms. The largest absolute Gasteiger partial charge is 0.383 e. The van der Waals surface area contributed by atoms with Crippen LogP contribution in [0.15, 0.2) is 12.1 Å². The van der Waals surface area contributed by atoms with Gasteiger partial charge in [-0.3, -0.25) is 9.69 Å². The lowest BCUT2D eigenvalue weighted by Gasteiger charge is -2.28. The van der Waals surface area contributed by atoms with E-state index in [4.69, 9.17) is 4.74 Å². The summed E-state index contributed by atoms with van der Waals surface area (Å²) in [4.78, 5) is 16.7. The Hall–Kier alpha value is -0.710. The average Bonchev–Trinajstić information content (AvgIpc) is 3.15. The SMILES string of the molecule is COCCN(CC(=O)c1ccc(C)s1)C(C)C1CC1. The fraction of sp³-hybridized carbons (Fsp3) is 0.667. The normalized spacial score (nSPS) is 16.8. The number of carbonyl (C=O) groups excluding carboxylic acids is 1. The molecule has 0 amide bonds. The number of ketones is 1. The van der Waals surface area contributed by atoms with Crippen molar-refractivity contribution >= 4 is 17.1 Å². The summed E-state index contributed by atoms with van der Waals surface area (Å²) in [5.74, 6) is 1.01. The van der Waals surface area contributed by atoms with Crippen LogP contribution in [0, 0.1) is 12.8 Å². The number of hydrogen-bond acceptors (Lipinski definition) is 4. The zero-order valence-corrected chi connectivity index (χ0v) is 12.8. The second-order valence-corrected chi connectivity index (χ2v) is 6.66. The maximum Gasteiger partial charge on any atom is 0.186 e. The molecule has 1 unspecified atom stereocenters. The summed E-state index contributed by atoms with van der Waals surface area (Å²) in [6, 6.07) is 4.44. The fourth-order valence-electron chi connectivity index (χ4n) is 2.36. The van der Waals surface area contributed by atoms with E-state index in [1.165, 1.54) is 17.7 Å². The summed E-state index contributed by atoms with van der Waals surface area (Å²) in [7, 11) is 1.71. The highest BCUT2D eigenvalue weighted by atomic mass is 32.1. The Kier molecular flexibility index (Phi) is 5.13. The lowest BCUT2D eigenvalue weighted by atomic mass is 10.1. The molecule has 0 saturated heterocycles. The molecular formula is C15H23NO2S. The first-order chi connectivity index (χ1) is 9.11. The molecule has 0 N–H and O–H groups in total. The molecule has 0 bridgehead atoms. The highest BCUT2D eigenvalue weighted by Gasteiger charge is 2.32. The number of thiophene rings is 1. The van der Waals surface area contributed by atoms with Gasteiger partial charge in [-0.05, 0) is 44.7 Å². The van der Waals surface area contributed by atoms with Crippen molar-refractivity contribution in [3.63, 3.8) is 0 Å². The van der Waals surface area contributed by atoms with E-state index in [-0.39, 0.29) is 5.78 Å². The van der Waals surface area contributed by atoms with Crippen LogP contribution in [0.1, 0.15) is 34.3 Å². The van der Waals surface area contributed by atoms with Crippen LogP contribution in [0.25, 0.3) is 0 Å². The molecule has 1 aromatic heterocycles. The molecule has 1 fully saturated rings. The minimum atomic E-state index is 0.238. The number of aryl methyl sites for hydroxylation is 1. The maximum atomic E-state index is 12.3. The molecule has 1 aromatic rings. The molecule has 0 aromatic carbocycles. The Morgan fingerprint density at radius 2 is 2.26 bits per heavy atom. The predicted molar refractivity (Wildman–Crippen MR) is 79.0 cm³/mol. The lowest BCUT2D eigenvalue weighted by molar-refractivity contribution is 0.0820. The van der Waals surface area contributed by atoms with Crippen LogP contribution in [0.5, 0.6) is 0 Å². The van der Waals surface area contributed by atoms with Gasteiger partial charge in [0.2, 0.25) is 0 Å². The van der Waals surface area contributed by atoms with Crippen LogP contribution in [-0.4, -0.2) is 43.5 Å². The molecule has 1 heterocycles. The Balaban J connectivity index is 1.96. The van der Waals surface area contributed by atoms with Crippen molar-refractivity contribution in [3.8, 4) is 0 Å². The molecule has 1 atom stereocenters. The van der Waals surface area contributed by atoms with Gasteiger partial charge < -0.3 is 4.74 Å². The number of hydrogen-bond donors (Lipinski definition) is 0. The van der Waals surface area contributed by atoms with Gasteiger partial charge in [-0.2, -0.15) is 0 Å². The van der Waals surface area contributed by atoms with Gasteiger partial charge >= 0.3 is 0 Å². The van der Waals surface area contributed by atoms with Crippen LogP contribution in [-0.2, 0) is 4.74 Å². The Bertz CT molecular complexity index is 426. The van der Waals surface area contributed by atoms with Crippen molar-refractivity contribution < 1.29 is 9.53 Å². The molecule has 2 rings (SSSR count). The van der Waals surface area contributed by atoms with Crippen molar-refractivity contribution in [2.75, 3.05) is 26.8 Å². The highest BCUT2D eigenvalue weighted by Crippen LogP contribution is 2.35. The van der Waals surface area contributed by atoms with Crippen LogP contribution in [0.2, 0.25) is 0 Å². The first-order valence-corrected chi connectivity index (χ1v) is 7.76. The van der Waals surface area contributed by atoms with Crippen molar-refractivity contribution in [2.24, 2.45) is 5.92 Å². The summed E-state index contributed by atoms with van der Waals surface area (Å²) in [5, 5.41) is 0. The third kappa shape index (κ3) is 4.13. The number of ether oxygens (including phenoxy) is 1. The van der Waals surface area contributed by atoms with Crippen LogP contribution in [0.3, 0.4) is 0 Å². The van der Waals surface area contributed by atoms with Crippen molar-refractivity contribution in [2.45, 2.75) is 32.7 Å². The zero-order valence-electron chi connectivity index (χ0n) is 12.0. The van der Waals surface area contributed by atoms with E-state index in [1.807, 2.05) is 19.1 Å². The third-order valence-corrected chi connectivity index (χ3v) is 4.87. The molecule has 106 valence electrons. The van der Waals surface area contributed by atoms with Crippen molar-refractivity contribution in [1.82, 2.24) is 4.90 Å². The van der Waals surface area contributed by atoms with E-state index >= 15 is 0 Å². The third-order valence-electron chi connectivity index (χ3n) is 3.82. The van der Waals surface area contributed by atoms with E-state index in [9.17, 15) is 4.79 Å². The van der Waals surface area contributed by atoms with Crippen molar-refractivity contribution in [3.05, 3.63) is 21.9 Å². The monoisotopic (exact) mass is 281 g/mol. The van der Waals surface area contributed by atoms with E-state index in [2.05, 4.69) is 11.8 Å². The summed E-state index contributed by atoms with van der Waals surface area (Å²) < 4.78 is 5.16. The van der Waals surface area contributed by atoms with Gasteiger partial charge in [0.1, 0.15) is 0 Å². The van der Waals surface area contributed by atoms with E-state index in [1.54, 1.807) is 18.4 Å². The summed E-state index contributed by atoms with van der Waals surface area (Å²) >= 11 is 1.59. The second kappa shape index (κ2) is 6.64. The standard InChI is InChI=1S/C15H23NO2S/c1-11-4-7-15(19-11)14(17)10-16(8-9-18-3)12(2)13-5-6-13/h4,7,12-13H,5-6,8-10H2,1-3H3. The Morgan fingerprint density at radius 3 is 2.79 bits per heavy atom. The quantitative estimate of drug-likeness (QED) is 0.686. The Morgan fingerprint density at radius 1 is 1.53 bits per heavy atom. The number of carbonyl (C=O) groups is 1. The minimum Gasteiger partial charge on any atom is -0.383 e. The smallest absolute Gasteiger partial charge is 0.186 e. The molecule has 1 saturated carbocycles. The minimum absolute atomic E-state index is 0.238. The van der Waals surface area contributed by atoms with E-state index in [0.717, 1.165) is 17.3 Å². The predicted octanol–water partition coefficient (Wildman–Crippen LogP) is 2.99. The molecule has 4 heteroatoms. The van der Waals surface area contributed by atoms with Crippen LogP contribution in [0.4, 0.5) is 0 Å². The van der Waals surface area contributed by atoms with Gasteiger partial charge in [0.15, 0.2) is 5.78 Å². The number of Topliss-reactive ketones (excluding diaryl/α,β-unsaturated/α-hetero) is 1.